The molecule has 1 aromatic carbocycles. The lowest BCUT2D eigenvalue weighted by Gasteiger charge is -2.21. The number of rotatable bonds is 5. The Hall–Kier alpha value is -1.48. The molecular formula is C16H25N3. The Bertz CT molecular complexity index is 453. The molecule has 1 saturated heterocycles. The Kier molecular flexibility index (Phi) is 4.48. The van der Waals surface area contributed by atoms with Crippen LogP contribution in [0.4, 0.5) is 5.69 Å². The highest BCUT2D eigenvalue weighted by molar-refractivity contribution is 5.49. The number of hydrogen-bond donors (Lipinski definition) is 2. The van der Waals surface area contributed by atoms with Gasteiger partial charge in [0.2, 0.25) is 0 Å². The van der Waals surface area contributed by atoms with Crippen LogP contribution in [0.25, 0.3) is 0 Å². The first kappa shape index (κ1) is 13.9. The van der Waals surface area contributed by atoms with Gasteiger partial charge in [-0.3, -0.25) is 0 Å². The van der Waals surface area contributed by atoms with Gasteiger partial charge in [-0.1, -0.05) is 37.6 Å². The molecule has 3 N–H and O–H groups in total. The Balaban J connectivity index is 1.96. The van der Waals surface area contributed by atoms with E-state index < -0.39 is 0 Å². The third kappa shape index (κ3) is 3.51. The van der Waals surface area contributed by atoms with E-state index in [1.165, 1.54) is 24.0 Å². The van der Waals surface area contributed by atoms with Crippen molar-refractivity contribution in [2.24, 2.45) is 5.92 Å². The number of nitrogens with two attached hydrogens (primary N) is 1. The van der Waals surface area contributed by atoms with Crippen molar-refractivity contribution in [3.63, 3.8) is 0 Å². The van der Waals surface area contributed by atoms with Crippen LogP contribution in [0.15, 0.2) is 30.5 Å². The predicted molar refractivity (Wildman–Crippen MR) is 81.5 cm³/mol. The van der Waals surface area contributed by atoms with Crippen LogP contribution in [0, 0.1) is 12.8 Å². The van der Waals surface area contributed by atoms with E-state index in [9.17, 15) is 0 Å². The second kappa shape index (κ2) is 6.11. The number of nitrogens with one attached hydrogen (secondary N) is 1. The van der Waals surface area contributed by atoms with Crippen molar-refractivity contribution in [1.29, 1.82) is 0 Å². The van der Waals surface area contributed by atoms with Crippen LogP contribution < -0.4 is 11.2 Å². The molecule has 0 amide bonds. The first-order valence-electron chi connectivity index (χ1n) is 7.14. The maximum absolute atomic E-state index is 6.03. The van der Waals surface area contributed by atoms with Crippen LogP contribution in [0.3, 0.4) is 0 Å². The van der Waals surface area contributed by atoms with Gasteiger partial charge in [0, 0.05) is 30.9 Å². The van der Waals surface area contributed by atoms with Crippen LogP contribution in [-0.2, 0) is 6.42 Å². The zero-order chi connectivity index (χ0) is 13.8. The highest BCUT2D eigenvalue weighted by atomic mass is 15.5. The number of hydrogen-bond acceptors (Lipinski definition) is 3. The third-order valence-corrected chi connectivity index (χ3v) is 3.78. The molecule has 3 nitrogen and oxygen atoms in total. The summed E-state index contributed by atoms with van der Waals surface area (Å²) in [5.41, 5.74) is 13.9. The van der Waals surface area contributed by atoms with Crippen LogP contribution in [0.2, 0.25) is 0 Å². The van der Waals surface area contributed by atoms with Gasteiger partial charge in [-0.05, 0) is 30.9 Å². The molecule has 0 radical (unpaired) electrons. The van der Waals surface area contributed by atoms with Crippen LogP contribution >= 0.6 is 0 Å². The van der Waals surface area contributed by atoms with Gasteiger partial charge < -0.3 is 10.7 Å². The molecule has 1 fully saturated rings. The van der Waals surface area contributed by atoms with Gasteiger partial charge in [0.25, 0.3) is 0 Å². The van der Waals surface area contributed by atoms with Gasteiger partial charge in [0.05, 0.1) is 0 Å². The van der Waals surface area contributed by atoms with Crippen molar-refractivity contribution >= 4 is 5.69 Å². The van der Waals surface area contributed by atoms with E-state index in [2.05, 4.69) is 36.9 Å². The Labute approximate surface area is 116 Å². The van der Waals surface area contributed by atoms with Crippen LogP contribution in [0.5, 0.6) is 0 Å². The normalized spacial score (nSPS) is 18.8. The number of hydrazine groups is 1. The summed E-state index contributed by atoms with van der Waals surface area (Å²) < 4.78 is 0. The second-order valence-electron chi connectivity index (χ2n) is 5.57. The number of benzene rings is 1. The van der Waals surface area contributed by atoms with Crippen molar-refractivity contribution in [3.8, 4) is 0 Å². The van der Waals surface area contributed by atoms with Crippen molar-refractivity contribution in [2.45, 2.75) is 33.1 Å². The lowest BCUT2D eigenvalue weighted by molar-refractivity contribution is 0.312. The van der Waals surface area contributed by atoms with E-state index in [0.29, 0.717) is 0 Å². The van der Waals surface area contributed by atoms with Gasteiger partial charge in [0.1, 0.15) is 0 Å². The van der Waals surface area contributed by atoms with E-state index in [1.54, 1.807) is 0 Å². The zero-order valence-corrected chi connectivity index (χ0v) is 12.1. The smallest absolute Gasteiger partial charge is 0.0381 e. The van der Waals surface area contributed by atoms with Crippen LogP contribution in [-0.4, -0.2) is 18.1 Å². The fourth-order valence-electron chi connectivity index (χ4n) is 2.67. The van der Waals surface area contributed by atoms with Crippen molar-refractivity contribution in [3.05, 3.63) is 41.6 Å². The Morgan fingerprint density at radius 1 is 1.53 bits per heavy atom. The third-order valence-electron chi connectivity index (χ3n) is 3.78. The molecule has 0 aliphatic carbocycles. The highest BCUT2D eigenvalue weighted by Crippen LogP contribution is 2.21. The number of allylic oxidation sites excluding steroid dienone is 1. The van der Waals surface area contributed by atoms with E-state index in [0.717, 1.165) is 36.8 Å². The fourth-order valence-corrected chi connectivity index (χ4v) is 2.67. The van der Waals surface area contributed by atoms with Gasteiger partial charge in [0.15, 0.2) is 0 Å². The summed E-state index contributed by atoms with van der Waals surface area (Å²) in [7, 11) is 0. The molecule has 104 valence electrons. The second-order valence-corrected chi connectivity index (χ2v) is 5.57. The molecule has 19 heavy (non-hydrogen) atoms. The van der Waals surface area contributed by atoms with Crippen molar-refractivity contribution in [2.75, 3.05) is 18.8 Å². The molecule has 1 heterocycles. The first-order chi connectivity index (χ1) is 9.10. The molecule has 0 aromatic heterocycles. The predicted octanol–water partition coefficient (Wildman–Crippen LogP) is 2.87. The highest BCUT2D eigenvalue weighted by Gasteiger charge is 2.22. The summed E-state index contributed by atoms with van der Waals surface area (Å²) >= 11 is 0. The molecule has 2 rings (SSSR count). The summed E-state index contributed by atoms with van der Waals surface area (Å²) in [6.07, 6.45) is 3.35. The molecule has 0 bridgehead atoms. The number of nitrogen functional groups attached to an aromatic ring is 1. The van der Waals surface area contributed by atoms with Gasteiger partial charge in [-0.15, -0.1) is 0 Å². The molecule has 3 heteroatoms. The van der Waals surface area contributed by atoms with Gasteiger partial charge >= 0.3 is 0 Å². The quantitative estimate of drug-likeness (QED) is 0.799. The first-order valence-corrected chi connectivity index (χ1v) is 7.14. The molecule has 1 aliphatic heterocycles. The maximum atomic E-state index is 6.03. The molecule has 1 aromatic rings. The summed E-state index contributed by atoms with van der Waals surface area (Å²) in [5.74, 6) is 0.747. The molecule has 0 spiro atoms. The Morgan fingerprint density at radius 2 is 2.32 bits per heavy atom. The summed E-state index contributed by atoms with van der Waals surface area (Å²) in [6.45, 7) is 10.7. The average molecular weight is 259 g/mol. The number of anilines is 1. The minimum atomic E-state index is 0.747. The fraction of sp³-hybridized carbons (Fsp3) is 0.500. The van der Waals surface area contributed by atoms with E-state index in [1.807, 2.05) is 12.1 Å². The number of aryl methyl sites for hydroxylation is 1. The van der Waals surface area contributed by atoms with Gasteiger partial charge in [-0.25, -0.2) is 5.43 Å². The topological polar surface area (TPSA) is 41.3 Å². The van der Waals surface area contributed by atoms with Crippen molar-refractivity contribution in [1.82, 2.24) is 10.4 Å². The SMILES string of the molecule is C=C(Cc1cc(C)ccc1N)N1CC(CCC)CN1. The largest absolute Gasteiger partial charge is 0.398 e. The minimum absolute atomic E-state index is 0.747. The standard InChI is InChI=1S/C16H25N3/c1-4-5-14-10-18-19(11-14)13(3)9-15-8-12(2)6-7-16(15)17/h6-8,14,18H,3-5,9-11,17H2,1-2H3. The summed E-state index contributed by atoms with van der Waals surface area (Å²) in [5, 5.41) is 2.20. The van der Waals surface area contributed by atoms with E-state index >= 15 is 0 Å². The molecule has 1 atom stereocenters. The lowest BCUT2D eigenvalue weighted by Crippen LogP contribution is -2.30. The minimum Gasteiger partial charge on any atom is -0.398 e. The molecular weight excluding hydrogens is 234 g/mol. The summed E-state index contributed by atoms with van der Waals surface area (Å²) in [6, 6.07) is 6.18. The zero-order valence-electron chi connectivity index (χ0n) is 12.1. The lowest BCUT2D eigenvalue weighted by atomic mass is 10.0. The van der Waals surface area contributed by atoms with Gasteiger partial charge in [-0.2, -0.15) is 0 Å². The van der Waals surface area contributed by atoms with Crippen molar-refractivity contribution < 1.29 is 0 Å². The average Bonchev–Trinajstić information content (AvgIpc) is 2.83. The van der Waals surface area contributed by atoms with E-state index in [-0.39, 0.29) is 0 Å². The maximum Gasteiger partial charge on any atom is 0.0381 e. The number of nitrogens with zero attached hydrogens (tertiary/aromatic N) is 1. The monoisotopic (exact) mass is 259 g/mol. The Morgan fingerprint density at radius 3 is 3.05 bits per heavy atom. The van der Waals surface area contributed by atoms with Crippen LogP contribution in [0.1, 0.15) is 30.9 Å². The molecule has 0 saturated carbocycles. The molecule has 1 aliphatic rings. The molecule has 1 unspecified atom stereocenters. The van der Waals surface area contributed by atoms with E-state index in [4.69, 9.17) is 5.73 Å². The summed E-state index contributed by atoms with van der Waals surface area (Å²) in [4.78, 5) is 0.